The molecule has 45 heavy (non-hydrogen) atoms. The van der Waals surface area contributed by atoms with Crippen molar-refractivity contribution in [3.8, 4) is 5.75 Å². The summed E-state index contributed by atoms with van der Waals surface area (Å²) in [5.74, 6) is -0.982. The van der Waals surface area contributed by atoms with Crippen molar-refractivity contribution in [1.29, 1.82) is 0 Å². The molecule has 2 heterocycles. The number of aliphatic hydroxyl groups is 2. The minimum Gasteiger partial charge on any atom is -0.464 e. The van der Waals surface area contributed by atoms with Crippen molar-refractivity contribution in [2.24, 2.45) is 11.8 Å². The van der Waals surface area contributed by atoms with E-state index in [1.54, 1.807) is 18.2 Å². The van der Waals surface area contributed by atoms with E-state index in [2.05, 4.69) is 20.5 Å². The first kappa shape index (κ1) is 36.3. The summed E-state index contributed by atoms with van der Waals surface area (Å²) in [6.45, 7) is 8.71. The van der Waals surface area contributed by atoms with Gasteiger partial charge in [0.2, 0.25) is 5.91 Å². The van der Waals surface area contributed by atoms with Crippen LogP contribution in [0.3, 0.4) is 0 Å². The van der Waals surface area contributed by atoms with Crippen LogP contribution in [0.2, 0.25) is 0 Å². The van der Waals surface area contributed by atoms with Crippen molar-refractivity contribution >= 4 is 25.4 Å². The van der Waals surface area contributed by atoms with Crippen LogP contribution in [0, 0.1) is 11.8 Å². The van der Waals surface area contributed by atoms with Crippen LogP contribution < -0.4 is 20.6 Å². The van der Waals surface area contributed by atoms with Gasteiger partial charge < -0.3 is 29.5 Å². The van der Waals surface area contributed by atoms with E-state index in [4.69, 9.17) is 18.5 Å². The Kier molecular flexibility index (Phi) is 13.6. The minimum atomic E-state index is -4.30. The highest BCUT2D eigenvalue weighted by Crippen LogP contribution is 2.46. The zero-order valence-corrected chi connectivity index (χ0v) is 27.1. The second kappa shape index (κ2) is 16.9. The van der Waals surface area contributed by atoms with Crippen molar-refractivity contribution in [3.05, 3.63) is 47.0 Å². The molecular weight excluding hydrogens is 609 g/mol. The number of aromatic nitrogens is 3. The molecule has 3 rings (SSSR count). The summed E-state index contributed by atoms with van der Waals surface area (Å²) in [5.41, 5.74) is -0.943. The van der Waals surface area contributed by atoms with Gasteiger partial charge >= 0.3 is 19.4 Å². The minimum absolute atomic E-state index is 0.0579. The summed E-state index contributed by atoms with van der Waals surface area (Å²) in [7, 11) is -4.30. The van der Waals surface area contributed by atoms with Gasteiger partial charge in [0.05, 0.1) is 19.4 Å². The molecule has 0 radical (unpaired) electrons. The van der Waals surface area contributed by atoms with E-state index >= 15 is 0 Å². The van der Waals surface area contributed by atoms with Crippen LogP contribution >= 0.6 is 7.75 Å². The van der Waals surface area contributed by atoms with Gasteiger partial charge in [-0.15, -0.1) is 0 Å². The number of carbonyl (C=O) groups is 2. The smallest absolute Gasteiger partial charge is 0.459 e. The number of anilines is 1. The fourth-order valence-electron chi connectivity index (χ4n) is 4.53. The van der Waals surface area contributed by atoms with Gasteiger partial charge in [0, 0.05) is 5.92 Å². The zero-order chi connectivity index (χ0) is 33.1. The Hall–Kier alpha value is -3.20. The van der Waals surface area contributed by atoms with Crippen LogP contribution in [-0.4, -0.2) is 74.4 Å². The largest absolute Gasteiger partial charge is 0.464 e. The molecule has 15 nitrogen and oxygen atoms in total. The van der Waals surface area contributed by atoms with E-state index in [9.17, 15) is 29.2 Å². The van der Waals surface area contributed by atoms with Gasteiger partial charge in [-0.05, 0) is 37.8 Å². The lowest BCUT2D eigenvalue weighted by molar-refractivity contribution is -0.146. The predicted molar refractivity (Wildman–Crippen MR) is 163 cm³/mol. The second-order valence-corrected chi connectivity index (χ2v) is 12.9. The number of para-hydroxylation sites is 1. The molecule has 1 aliphatic heterocycles. The summed E-state index contributed by atoms with van der Waals surface area (Å²) < 4.78 is 36.6. The molecule has 0 bridgehead atoms. The highest BCUT2D eigenvalue weighted by molar-refractivity contribution is 7.52. The molecule has 1 amide bonds. The molecule has 2 aromatic rings. The summed E-state index contributed by atoms with van der Waals surface area (Å²) in [4.78, 5) is 41.8. The molecule has 16 heteroatoms. The molecule has 4 N–H and O–H groups in total. The molecule has 0 aliphatic carbocycles. The van der Waals surface area contributed by atoms with Crippen molar-refractivity contribution in [2.75, 3.05) is 18.5 Å². The number of esters is 1. The van der Waals surface area contributed by atoms with E-state index in [-0.39, 0.29) is 35.9 Å². The Morgan fingerprint density at radius 3 is 2.36 bits per heavy atom. The number of amides is 1. The van der Waals surface area contributed by atoms with Gasteiger partial charge in [-0.2, -0.15) is 19.9 Å². The molecule has 1 aliphatic rings. The van der Waals surface area contributed by atoms with E-state index in [1.807, 2.05) is 27.7 Å². The number of hydrogen-bond acceptors (Lipinski definition) is 12. The summed E-state index contributed by atoms with van der Waals surface area (Å²) in [6.07, 6.45) is -1.83. The monoisotopic (exact) mass is 653 g/mol. The number of benzene rings is 1. The van der Waals surface area contributed by atoms with Crippen molar-refractivity contribution in [2.45, 2.75) is 90.9 Å². The lowest BCUT2D eigenvalue weighted by Gasteiger charge is -2.24. The van der Waals surface area contributed by atoms with E-state index in [0.717, 1.165) is 23.7 Å². The van der Waals surface area contributed by atoms with Crippen LogP contribution in [0.15, 0.2) is 41.3 Å². The van der Waals surface area contributed by atoms with Crippen LogP contribution in [0.5, 0.6) is 5.75 Å². The summed E-state index contributed by atoms with van der Waals surface area (Å²) in [5, 5.41) is 30.5. The van der Waals surface area contributed by atoms with Crippen LogP contribution in [-0.2, 0) is 28.2 Å². The third-order valence-electron chi connectivity index (χ3n) is 6.83. The molecule has 0 spiro atoms. The Balaban J connectivity index is 1.71. The first-order valence-corrected chi connectivity index (χ1v) is 16.6. The predicted octanol–water partition coefficient (Wildman–Crippen LogP) is 2.79. The molecule has 1 saturated heterocycles. The van der Waals surface area contributed by atoms with Crippen LogP contribution in [0.1, 0.15) is 66.5 Å². The van der Waals surface area contributed by atoms with E-state index in [1.165, 1.54) is 19.1 Å². The van der Waals surface area contributed by atoms with Crippen molar-refractivity contribution in [1.82, 2.24) is 19.9 Å². The fourth-order valence-corrected chi connectivity index (χ4v) is 6.03. The zero-order valence-electron chi connectivity index (χ0n) is 26.2. The Morgan fingerprint density at radius 2 is 1.76 bits per heavy atom. The number of hydrogen-bond donors (Lipinski definition) is 4. The summed E-state index contributed by atoms with van der Waals surface area (Å²) >= 11 is 0. The fraction of sp³-hybridized carbons (Fsp3) is 0.621. The molecule has 1 aromatic carbocycles. The third kappa shape index (κ3) is 10.4. The van der Waals surface area contributed by atoms with Crippen molar-refractivity contribution in [3.63, 3.8) is 0 Å². The number of nitrogens with one attached hydrogen (secondary N) is 2. The first-order chi connectivity index (χ1) is 21.4. The second-order valence-electron chi connectivity index (χ2n) is 11.3. The molecule has 250 valence electrons. The van der Waals surface area contributed by atoms with E-state index in [0.29, 0.717) is 12.8 Å². The number of nitrogens with zero attached hydrogens (tertiary/aromatic N) is 3. The van der Waals surface area contributed by atoms with Gasteiger partial charge in [-0.3, -0.25) is 14.1 Å². The maximum atomic E-state index is 13.8. The maximum absolute atomic E-state index is 13.8. The summed E-state index contributed by atoms with van der Waals surface area (Å²) in [6, 6.07) is 6.99. The van der Waals surface area contributed by atoms with Crippen LogP contribution in [0.4, 0.5) is 5.82 Å². The normalized spacial score (nSPS) is 21.8. The quantitative estimate of drug-likeness (QED) is 0.144. The Labute approximate surface area is 262 Å². The number of rotatable bonds is 17. The van der Waals surface area contributed by atoms with Gasteiger partial charge in [-0.25, -0.2) is 9.36 Å². The Bertz CT molecular complexity index is 1350. The van der Waals surface area contributed by atoms with E-state index < -0.39 is 56.6 Å². The average molecular weight is 654 g/mol. The molecule has 1 aromatic heterocycles. The third-order valence-corrected chi connectivity index (χ3v) is 8.48. The molecular formula is C29H44N5O10P. The first-order valence-electron chi connectivity index (χ1n) is 15.1. The highest BCUT2D eigenvalue weighted by Gasteiger charge is 2.46. The average Bonchev–Trinajstić information content (AvgIpc) is 3.27. The topological polar surface area (TPSA) is 200 Å². The van der Waals surface area contributed by atoms with Gasteiger partial charge in [0.15, 0.2) is 12.0 Å². The lowest BCUT2D eigenvalue weighted by atomic mass is 9.97. The molecule has 6 atom stereocenters. The van der Waals surface area contributed by atoms with Gasteiger partial charge in [0.25, 0.3) is 0 Å². The standard InChI is InChI=1S/C29H44N5O10P/c1-6-11-20(12-7-2)26(37)31-23-15-30-34(29(39)32-23)27-25(36)24(35)22(43-27)17-42-45(40,44-21-13-9-8-10-14-21)33-19(5)28(38)41-16-18(3)4/h8-10,13-15,18-20,22,24-25,27,35-36H,6-7,11-12,16-17H2,1-5H3,(H,33,40)(H,31,32,37,39)/t19-,22+,24?,25-,27+,45?/m0/s1. The number of aliphatic hydroxyl groups excluding tert-OH is 2. The molecule has 1 fully saturated rings. The highest BCUT2D eigenvalue weighted by atomic mass is 31.2. The Morgan fingerprint density at radius 1 is 1.09 bits per heavy atom. The SMILES string of the molecule is CCCC(CCC)C(=O)Nc1cnn([C@@H]2O[C@H](COP(=O)(N[C@@H](C)C(=O)OCC(C)C)Oc3ccccc3)C(O)[C@@H]2O)c(=O)n1. The molecule has 2 unspecified atom stereocenters. The van der Waals surface area contributed by atoms with Gasteiger partial charge in [-0.1, -0.05) is 58.7 Å². The maximum Gasteiger partial charge on any atom is 0.459 e. The number of carbonyl (C=O) groups excluding carboxylic acids is 2. The van der Waals surface area contributed by atoms with Gasteiger partial charge in [0.1, 0.15) is 30.1 Å². The molecule has 0 saturated carbocycles. The van der Waals surface area contributed by atoms with Crippen molar-refractivity contribution < 1.29 is 42.9 Å². The van der Waals surface area contributed by atoms with Crippen LogP contribution in [0.25, 0.3) is 0 Å². The lowest BCUT2D eigenvalue weighted by Crippen LogP contribution is -2.38. The number of ether oxygens (including phenoxy) is 2.